The monoisotopic (exact) mass is 917 g/mol. The Kier molecular flexibility index (Phi) is 11.2. The lowest BCUT2D eigenvalue weighted by Gasteiger charge is -2.25. The fourth-order valence-corrected chi connectivity index (χ4v) is 7.06. The summed E-state index contributed by atoms with van der Waals surface area (Å²) >= 11 is 10.2. The van der Waals surface area contributed by atoms with Crippen molar-refractivity contribution >= 4 is 88.6 Å². The summed E-state index contributed by atoms with van der Waals surface area (Å²) in [6.07, 6.45) is -2.47. The third kappa shape index (κ3) is 7.82. The molecular formula is C38H26Br3N5O8. The highest BCUT2D eigenvalue weighted by atomic mass is 79.9. The van der Waals surface area contributed by atoms with E-state index < -0.39 is 55.0 Å². The number of rotatable bonds is 10. The van der Waals surface area contributed by atoms with E-state index in [0.717, 1.165) is 0 Å². The Morgan fingerprint density at radius 1 is 0.667 bits per heavy atom. The number of carbonyl (C=O) groups is 4. The summed E-state index contributed by atoms with van der Waals surface area (Å²) in [7, 11) is 0. The molecule has 0 aliphatic carbocycles. The Labute approximate surface area is 332 Å². The molecule has 1 saturated heterocycles. The largest absolute Gasteiger partial charge is 0.459 e. The molecule has 3 heterocycles. The zero-order valence-corrected chi connectivity index (χ0v) is 32.4. The molecule has 0 unspecified atom stereocenters. The number of halogens is 3. The number of esters is 3. The number of ether oxygens (including phenoxy) is 4. The van der Waals surface area contributed by atoms with Crippen LogP contribution in [0.1, 0.15) is 47.7 Å². The minimum atomic E-state index is -1.35. The van der Waals surface area contributed by atoms with E-state index in [4.69, 9.17) is 18.9 Å². The van der Waals surface area contributed by atoms with Crippen LogP contribution in [0.5, 0.6) is 0 Å². The van der Waals surface area contributed by atoms with Gasteiger partial charge in [-0.1, -0.05) is 54.6 Å². The maximum Gasteiger partial charge on any atom is 0.339 e. The van der Waals surface area contributed by atoms with Crippen molar-refractivity contribution in [2.45, 2.75) is 24.5 Å². The molecule has 0 saturated carbocycles. The van der Waals surface area contributed by atoms with Crippen LogP contribution in [0.3, 0.4) is 0 Å². The van der Waals surface area contributed by atoms with Crippen molar-refractivity contribution < 1.29 is 38.1 Å². The summed E-state index contributed by atoms with van der Waals surface area (Å²) in [5.41, 5.74) is 1.44. The molecule has 1 N–H and O–H groups in total. The SMILES string of the molecule is O=C(Nc1ncnc2c1ncn2[C@@H]1O[C@H](COC(=O)c2ccccc2Br)[C@@H](OC(=O)c2ccccc2Br)[C@H]1OC(=O)c1ccccc1Br)c1ccccc1. The van der Waals surface area contributed by atoms with Crippen LogP contribution in [-0.2, 0) is 18.9 Å². The van der Waals surface area contributed by atoms with Gasteiger partial charge in [0.05, 0.1) is 23.0 Å². The second kappa shape index (κ2) is 16.4. The first kappa shape index (κ1) is 37.0. The first-order valence-corrected chi connectivity index (χ1v) is 18.6. The molecule has 0 bridgehead atoms. The van der Waals surface area contributed by atoms with Gasteiger partial charge in [-0.25, -0.2) is 29.3 Å². The summed E-state index contributed by atoms with van der Waals surface area (Å²) in [6.45, 7) is -0.409. The van der Waals surface area contributed by atoms with E-state index in [9.17, 15) is 19.2 Å². The number of imidazole rings is 1. The van der Waals surface area contributed by atoms with E-state index in [2.05, 4.69) is 68.1 Å². The van der Waals surface area contributed by atoms with Gasteiger partial charge >= 0.3 is 17.9 Å². The van der Waals surface area contributed by atoms with Crippen LogP contribution in [0.4, 0.5) is 5.82 Å². The van der Waals surface area contributed by atoms with Crippen LogP contribution in [0.25, 0.3) is 11.2 Å². The van der Waals surface area contributed by atoms with Gasteiger partial charge in [-0.2, -0.15) is 0 Å². The number of nitrogens with one attached hydrogen (secondary N) is 1. The van der Waals surface area contributed by atoms with E-state index in [0.29, 0.717) is 19.0 Å². The number of nitrogens with zero attached hydrogens (tertiary/aromatic N) is 4. The number of anilines is 1. The average Bonchev–Trinajstić information content (AvgIpc) is 3.76. The van der Waals surface area contributed by atoms with Gasteiger partial charge in [0.15, 0.2) is 35.4 Å². The number of fused-ring (bicyclic) bond motifs is 1. The van der Waals surface area contributed by atoms with Crippen LogP contribution in [0.2, 0.25) is 0 Å². The number of aromatic nitrogens is 4. The minimum Gasteiger partial charge on any atom is -0.459 e. The summed E-state index contributed by atoms with van der Waals surface area (Å²) in [5.74, 6) is -2.50. The fraction of sp³-hybridized carbons (Fsp3) is 0.132. The van der Waals surface area contributed by atoms with Crippen LogP contribution < -0.4 is 5.32 Å². The van der Waals surface area contributed by atoms with Crippen molar-refractivity contribution in [3.05, 3.63) is 151 Å². The zero-order valence-electron chi connectivity index (χ0n) is 27.7. The van der Waals surface area contributed by atoms with Gasteiger partial charge in [-0.05, 0) is 96.3 Å². The molecule has 16 heteroatoms. The predicted molar refractivity (Wildman–Crippen MR) is 205 cm³/mol. The normalized spacial score (nSPS) is 17.8. The molecule has 1 aliphatic rings. The molecule has 1 aliphatic heterocycles. The lowest BCUT2D eigenvalue weighted by Crippen LogP contribution is -2.41. The van der Waals surface area contributed by atoms with Gasteiger partial charge in [0.1, 0.15) is 19.0 Å². The Balaban J connectivity index is 1.27. The van der Waals surface area contributed by atoms with Gasteiger partial charge in [-0.15, -0.1) is 0 Å². The number of amides is 1. The molecule has 54 heavy (non-hydrogen) atoms. The van der Waals surface area contributed by atoms with Crippen molar-refractivity contribution in [3.8, 4) is 0 Å². The Hall–Kier alpha value is -5.29. The van der Waals surface area contributed by atoms with Gasteiger partial charge in [-0.3, -0.25) is 9.36 Å². The number of hydrogen-bond acceptors (Lipinski definition) is 11. The molecule has 4 atom stereocenters. The fourth-order valence-electron chi connectivity index (χ4n) is 5.72. The van der Waals surface area contributed by atoms with Crippen molar-refractivity contribution in [3.63, 3.8) is 0 Å². The van der Waals surface area contributed by atoms with E-state index in [-0.39, 0.29) is 33.7 Å². The van der Waals surface area contributed by atoms with Crippen LogP contribution in [0, 0.1) is 0 Å². The van der Waals surface area contributed by atoms with E-state index >= 15 is 0 Å². The predicted octanol–water partition coefficient (Wildman–Crippen LogP) is 7.57. The molecule has 2 aromatic heterocycles. The summed E-state index contributed by atoms with van der Waals surface area (Å²) in [4.78, 5) is 67.0. The standard InChI is InChI=1S/C38H26Br3N5O8/c39-25-15-7-4-12-22(25)36(48)51-18-28-30(53-37(49)23-13-5-8-16-26(23)40)31(54-38(50)24-14-6-9-17-27(24)41)35(52-28)46-20-44-29-32(42-19-43-33(29)46)45-34(47)21-10-2-1-3-11-21/h1-17,19-20,28,30-31,35H,18H2,(H,42,43,45,47)/t28-,30-,31-,35-/m1/s1. The first-order valence-electron chi connectivity index (χ1n) is 16.2. The maximum atomic E-state index is 13.8. The van der Waals surface area contributed by atoms with Crippen LogP contribution in [0.15, 0.2) is 129 Å². The summed E-state index contributed by atoms with van der Waals surface area (Å²) in [6, 6.07) is 28.6. The molecule has 7 rings (SSSR count). The van der Waals surface area contributed by atoms with Gasteiger partial charge in [0, 0.05) is 19.0 Å². The molecular weight excluding hydrogens is 894 g/mol. The molecule has 0 radical (unpaired) electrons. The zero-order chi connectivity index (χ0) is 37.8. The van der Waals surface area contributed by atoms with E-state index in [1.165, 1.54) is 17.2 Å². The minimum absolute atomic E-state index is 0.114. The average molecular weight is 920 g/mol. The molecule has 13 nitrogen and oxygen atoms in total. The van der Waals surface area contributed by atoms with Crippen molar-refractivity contribution in [1.29, 1.82) is 0 Å². The lowest BCUT2D eigenvalue weighted by molar-refractivity contribution is -0.0606. The molecule has 272 valence electrons. The van der Waals surface area contributed by atoms with Crippen LogP contribution >= 0.6 is 47.8 Å². The summed E-state index contributed by atoms with van der Waals surface area (Å²) < 4.78 is 27.3. The molecule has 4 aromatic carbocycles. The quantitative estimate of drug-likeness (QED) is 0.107. The van der Waals surface area contributed by atoms with Crippen LogP contribution in [-0.4, -0.2) is 68.3 Å². The highest BCUT2D eigenvalue weighted by Gasteiger charge is 2.52. The second-order valence-electron chi connectivity index (χ2n) is 11.7. The molecule has 0 spiro atoms. The van der Waals surface area contributed by atoms with Gasteiger partial charge in [0.25, 0.3) is 5.91 Å². The summed E-state index contributed by atoms with van der Waals surface area (Å²) in [5, 5.41) is 2.76. The first-order chi connectivity index (χ1) is 26.2. The third-order valence-electron chi connectivity index (χ3n) is 8.33. The van der Waals surface area contributed by atoms with E-state index in [1.807, 2.05) is 0 Å². The third-order valence-corrected chi connectivity index (χ3v) is 10.4. The second-order valence-corrected chi connectivity index (χ2v) is 14.3. The molecule has 1 fully saturated rings. The highest BCUT2D eigenvalue weighted by Crippen LogP contribution is 2.38. The van der Waals surface area contributed by atoms with Gasteiger partial charge in [0.2, 0.25) is 0 Å². The maximum absolute atomic E-state index is 13.8. The van der Waals surface area contributed by atoms with Gasteiger partial charge < -0.3 is 24.3 Å². The Bertz CT molecular complexity index is 2380. The number of carbonyl (C=O) groups excluding carboxylic acids is 4. The Morgan fingerprint density at radius 2 is 1.20 bits per heavy atom. The molecule has 1 amide bonds. The molecule has 6 aromatic rings. The van der Waals surface area contributed by atoms with Crippen molar-refractivity contribution in [1.82, 2.24) is 19.5 Å². The lowest BCUT2D eigenvalue weighted by atomic mass is 10.1. The Morgan fingerprint density at radius 3 is 1.80 bits per heavy atom. The highest BCUT2D eigenvalue weighted by molar-refractivity contribution is 9.11. The van der Waals surface area contributed by atoms with Crippen molar-refractivity contribution in [2.24, 2.45) is 0 Å². The number of benzene rings is 4. The smallest absolute Gasteiger partial charge is 0.339 e. The topological polar surface area (TPSA) is 161 Å². The number of hydrogen-bond donors (Lipinski definition) is 1. The van der Waals surface area contributed by atoms with Crippen molar-refractivity contribution in [2.75, 3.05) is 11.9 Å². The van der Waals surface area contributed by atoms with E-state index in [1.54, 1.807) is 103 Å².